The van der Waals surface area contributed by atoms with Crippen LogP contribution in [0.4, 0.5) is 10.1 Å². The summed E-state index contributed by atoms with van der Waals surface area (Å²) in [6.45, 7) is 6.11. The minimum Gasteiger partial charge on any atom is -0.371 e. The van der Waals surface area contributed by atoms with Crippen molar-refractivity contribution >= 4 is 11.2 Å². The highest BCUT2D eigenvalue weighted by Crippen LogP contribution is 2.34. The number of rotatable bonds is 3. The molecule has 0 amide bonds. The van der Waals surface area contributed by atoms with E-state index in [4.69, 9.17) is 0 Å². The van der Waals surface area contributed by atoms with Gasteiger partial charge in [0.1, 0.15) is 5.82 Å². The molecule has 1 aliphatic rings. The summed E-state index contributed by atoms with van der Waals surface area (Å²) < 4.78 is 16.0. The zero-order valence-electron chi connectivity index (χ0n) is 16.3. The van der Waals surface area contributed by atoms with Crippen LogP contribution < -0.4 is 10.6 Å². The second kappa shape index (κ2) is 6.55. The Morgan fingerprint density at radius 1 is 1.07 bits per heavy atom. The number of hydrogen-bond donors (Lipinski definition) is 0. The first-order valence-electron chi connectivity index (χ1n) is 9.62. The molecule has 6 nitrogen and oxygen atoms in total. The lowest BCUT2D eigenvalue weighted by Gasteiger charge is -2.33. The lowest BCUT2D eigenvalue weighted by Crippen LogP contribution is -2.36. The Morgan fingerprint density at radius 2 is 1.90 bits per heavy atom. The Labute approximate surface area is 166 Å². The van der Waals surface area contributed by atoms with Crippen molar-refractivity contribution in [1.29, 1.82) is 0 Å². The van der Waals surface area contributed by atoms with Crippen LogP contribution in [0.5, 0.6) is 0 Å². The maximum absolute atomic E-state index is 13.2. The van der Waals surface area contributed by atoms with E-state index in [9.17, 15) is 9.18 Å². The van der Waals surface area contributed by atoms with Crippen LogP contribution in [0.2, 0.25) is 0 Å². The summed E-state index contributed by atoms with van der Waals surface area (Å²) in [5, 5.41) is 4.27. The van der Waals surface area contributed by atoms with Crippen molar-refractivity contribution in [2.45, 2.75) is 20.3 Å². The fraction of sp³-hybridized carbons (Fsp3) is 0.227. The van der Waals surface area contributed by atoms with Crippen LogP contribution in [0, 0.1) is 19.7 Å². The number of halogens is 1. The molecule has 0 N–H and O–H groups in total. The minimum absolute atomic E-state index is 0.283. The van der Waals surface area contributed by atoms with Gasteiger partial charge in [0.05, 0.1) is 17.9 Å². The molecule has 3 aromatic heterocycles. The standard InChI is InChI=1S/C22H20FN5O/c1-14-19-13-25-28(20-8-7-17(23)12-24-20)22(29)27(19)15(2)21(14)16-5-3-6-18(11-16)26-9-4-10-26/h3,5-8,11-13H,4,9-10H2,1-2H3. The third kappa shape index (κ3) is 2.73. The number of pyridine rings is 1. The van der Waals surface area contributed by atoms with E-state index in [1.165, 1.54) is 28.9 Å². The monoisotopic (exact) mass is 389 g/mol. The second-order valence-electron chi connectivity index (χ2n) is 7.37. The zero-order chi connectivity index (χ0) is 20.1. The Balaban J connectivity index is 1.69. The van der Waals surface area contributed by atoms with Crippen molar-refractivity contribution in [1.82, 2.24) is 19.2 Å². The Bertz CT molecular complexity index is 1290. The molecule has 4 aromatic rings. The molecular weight excluding hydrogens is 369 g/mol. The SMILES string of the molecule is Cc1c(-c2cccc(N3CCC3)c2)c(C)n2c(=O)n(-c3ccc(F)cn3)ncc12. The summed E-state index contributed by atoms with van der Waals surface area (Å²) in [6, 6.07) is 11.1. The molecule has 0 saturated carbocycles. The van der Waals surface area contributed by atoms with E-state index in [1.807, 2.05) is 13.8 Å². The van der Waals surface area contributed by atoms with Gasteiger partial charge in [-0.25, -0.2) is 14.2 Å². The molecule has 0 bridgehead atoms. The van der Waals surface area contributed by atoms with Crippen LogP contribution in [0.3, 0.4) is 0 Å². The van der Waals surface area contributed by atoms with Crippen molar-refractivity contribution < 1.29 is 4.39 Å². The first-order chi connectivity index (χ1) is 14.0. The van der Waals surface area contributed by atoms with Gasteiger partial charge in [0.25, 0.3) is 0 Å². The number of aryl methyl sites for hydroxylation is 2. The number of aromatic nitrogens is 4. The van der Waals surface area contributed by atoms with Crippen molar-refractivity contribution in [3.8, 4) is 16.9 Å². The summed E-state index contributed by atoms with van der Waals surface area (Å²) in [5.74, 6) is -0.175. The molecule has 146 valence electrons. The van der Waals surface area contributed by atoms with E-state index in [1.54, 1.807) is 10.6 Å². The van der Waals surface area contributed by atoms with E-state index in [0.717, 1.165) is 47.2 Å². The van der Waals surface area contributed by atoms with Crippen LogP contribution in [0.15, 0.2) is 53.6 Å². The molecule has 1 aromatic carbocycles. The molecule has 0 atom stereocenters. The van der Waals surface area contributed by atoms with Gasteiger partial charge < -0.3 is 4.90 Å². The maximum atomic E-state index is 13.2. The molecule has 1 fully saturated rings. The fourth-order valence-corrected chi connectivity index (χ4v) is 4.03. The van der Waals surface area contributed by atoms with Crippen LogP contribution in [-0.2, 0) is 0 Å². The summed E-state index contributed by atoms with van der Waals surface area (Å²) in [6.07, 6.45) is 3.96. The quantitative estimate of drug-likeness (QED) is 0.538. The van der Waals surface area contributed by atoms with Crippen molar-refractivity contribution in [2.24, 2.45) is 0 Å². The highest BCUT2D eigenvalue weighted by molar-refractivity contribution is 5.80. The predicted molar refractivity (Wildman–Crippen MR) is 110 cm³/mol. The first kappa shape index (κ1) is 17.6. The largest absolute Gasteiger partial charge is 0.371 e. The number of benzene rings is 1. The summed E-state index contributed by atoms with van der Waals surface area (Å²) in [5.41, 5.74) is 5.61. The van der Waals surface area contributed by atoms with E-state index >= 15 is 0 Å². The molecule has 1 saturated heterocycles. The van der Waals surface area contributed by atoms with Crippen molar-refractivity contribution in [3.63, 3.8) is 0 Å². The van der Waals surface area contributed by atoms with Gasteiger partial charge in [0.15, 0.2) is 5.82 Å². The molecule has 0 unspecified atom stereocenters. The zero-order valence-corrected chi connectivity index (χ0v) is 16.3. The average molecular weight is 389 g/mol. The molecule has 0 aliphatic carbocycles. The Hall–Kier alpha value is -3.48. The van der Waals surface area contributed by atoms with Crippen LogP contribution in [0.25, 0.3) is 22.5 Å². The van der Waals surface area contributed by atoms with E-state index in [0.29, 0.717) is 0 Å². The third-order valence-electron chi connectivity index (χ3n) is 5.65. The average Bonchev–Trinajstić information content (AvgIpc) is 2.93. The lowest BCUT2D eigenvalue weighted by molar-refractivity contribution is 0.617. The molecule has 5 rings (SSSR count). The molecule has 0 spiro atoms. The lowest BCUT2D eigenvalue weighted by atomic mass is 10.0. The second-order valence-corrected chi connectivity index (χ2v) is 7.37. The number of nitrogens with zero attached hydrogens (tertiary/aromatic N) is 5. The summed E-state index contributed by atoms with van der Waals surface area (Å²) in [4.78, 5) is 19.5. The van der Waals surface area contributed by atoms with Gasteiger partial charge in [0, 0.05) is 30.0 Å². The number of anilines is 1. The predicted octanol–water partition coefficient (Wildman–Crippen LogP) is 3.51. The first-order valence-corrected chi connectivity index (χ1v) is 9.62. The number of hydrogen-bond acceptors (Lipinski definition) is 4. The molecular formula is C22H20FN5O. The molecule has 7 heteroatoms. The smallest absolute Gasteiger partial charge is 0.355 e. The molecule has 0 radical (unpaired) electrons. The van der Waals surface area contributed by atoms with Gasteiger partial charge in [-0.2, -0.15) is 9.78 Å². The number of fused-ring (bicyclic) bond motifs is 1. The summed E-state index contributed by atoms with van der Waals surface area (Å²) in [7, 11) is 0. The fourth-order valence-electron chi connectivity index (χ4n) is 4.03. The maximum Gasteiger partial charge on any atom is 0.355 e. The normalized spacial score (nSPS) is 13.7. The molecule has 4 heterocycles. The molecule has 1 aliphatic heterocycles. The van der Waals surface area contributed by atoms with Crippen LogP contribution >= 0.6 is 0 Å². The third-order valence-corrected chi connectivity index (χ3v) is 5.65. The van der Waals surface area contributed by atoms with E-state index in [2.05, 4.69) is 39.2 Å². The Kier molecular flexibility index (Phi) is 3.97. The van der Waals surface area contributed by atoms with Gasteiger partial charge in [-0.15, -0.1) is 0 Å². The minimum atomic E-state index is -0.458. The van der Waals surface area contributed by atoms with Gasteiger partial charge in [0.2, 0.25) is 0 Å². The van der Waals surface area contributed by atoms with Gasteiger partial charge in [-0.05, 0) is 55.7 Å². The van der Waals surface area contributed by atoms with Gasteiger partial charge in [-0.1, -0.05) is 12.1 Å². The highest BCUT2D eigenvalue weighted by atomic mass is 19.1. The van der Waals surface area contributed by atoms with Crippen molar-refractivity contribution in [3.05, 3.63) is 76.4 Å². The molecule has 29 heavy (non-hydrogen) atoms. The summed E-state index contributed by atoms with van der Waals surface area (Å²) >= 11 is 0. The van der Waals surface area contributed by atoms with Gasteiger partial charge in [-0.3, -0.25) is 4.40 Å². The van der Waals surface area contributed by atoms with Crippen molar-refractivity contribution in [2.75, 3.05) is 18.0 Å². The van der Waals surface area contributed by atoms with Crippen LogP contribution in [0.1, 0.15) is 17.7 Å². The van der Waals surface area contributed by atoms with E-state index < -0.39 is 5.82 Å². The van der Waals surface area contributed by atoms with E-state index in [-0.39, 0.29) is 11.5 Å². The topological polar surface area (TPSA) is 55.4 Å². The van der Waals surface area contributed by atoms with Gasteiger partial charge >= 0.3 is 5.69 Å². The van der Waals surface area contributed by atoms with Crippen LogP contribution in [-0.4, -0.2) is 32.3 Å². The highest BCUT2D eigenvalue weighted by Gasteiger charge is 2.20. The Morgan fingerprint density at radius 3 is 2.59 bits per heavy atom.